The van der Waals surface area contributed by atoms with Gasteiger partial charge in [0.25, 0.3) is 0 Å². The maximum atomic E-state index is 11.2. The van der Waals surface area contributed by atoms with Gasteiger partial charge in [-0.3, -0.25) is 0 Å². The molecule has 0 saturated heterocycles. The largest absolute Gasteiger partial charge is 0.457 e. The summed E-state index contributed by atoms with van der Waals surface area (Å²) in [4.78, 5) is 11.2. The first-order chi connectivity index (χ1) is 6.24. The summed E-state index contributed by atoms with van der Waals surface area (Å²) in [5.41, 5.74) is 2.70. The number of rotatable bonds is 2. The van der Waals surface area contributed by atoms with Gasteiger partial charge in [-0.05, 0) is 6.92 Å². The molecule has 0 spiro atoms. The van der Waals surface area contributed by atoms with Crippen molar-refractivity contribution in [1.29, 1.82) is 0 Å². The quantitative estimate of drug-likeness (QED) is 0.508. The van der Waals surface area contributed by atoms with Gasteiger partial charge in [0.05, 0.1) is 5.56 Å². The van der Waals surface area contributed by atoms with E-state index in [1.807, 2.05) is 23.8 Å². The van der Waals surface area contributed by atoms with Crippen LogP contribution in [-0.4, -0.2) is 10.5 Å². The minimum atomic E-state index is -0.199. The minimum absolute atomic E-state index is 0.199. The second kappa shape index (κ2) is 2.76. The number of fused-ring (bicyclic) bond motifs is 1. The molecule has 2 rings (SSSR count). The van der Waals surface area contributed by atoms with Gasteiger partial charge in [0.1, 0.15) is 6.61 Å². The molecule has 68 valence electrons. The van der Waals surface area contributed by atoms with E-state index in [9.17, 15) is 4.79 Å². The zero-order valence-electron chi connectivity index (χ0n) is 7.54. The fourth-order valence-corrected chi connectivity index (χ4v) is 1.66. The van der Waals surface area contributed by atoms with Gasteiger partial charge in [0.15, 0.2) is 0 Å². The lowest BCUT2D eigenvalue weighted by Crippen LogP contribution is -2.02. The molecule has 1 aliphatic heterocycles. The first-order valence-electron chi connectivity index (χ1n) is 4.20. The van der Waals surface area contributed by atoms with Crippen LogP contribution in [0.5, 0.6) is 0 Å². The maximum Gasteiger partial charge on any atom is 0.340 e. The molecule has 13 heavy (non-hydrogen) atoms. The van der Waals surface area contributed by atoms with E-state index in [-0.39, 0.29) is 5.97 Å². The summed E-state index contributed by atoms with van der Waals surface area (Å²) >= 11 is 0. The molecule has 0 saturated carbocycles. The number of ether oxygens (including phenoxy) is 1. The third-order valence-corrected chi connectivity index (χ3v) is 2.31. The van der Waals surface area contributed by atoms with Crippen LogP contribution in [0.25, 0.3) is 0 Å². The Morgan fingerprint density at radius 1 is 1.77 bits per heavy atom. The summed E-state index contributed by atoms with van der Waals surface area (Å²) in [7, 11) is 0. The monoisotopic (exact) mass is 177 g/mol. The van der Waals surface area contributed by atoms with E-state index in [0.29, 0.717) is 6.61 Å². The Morgan fingerprint density at radius 3 is 3.15 bits per heavy atom. The SMILES string of the molecule is C=CCn1cc2c(c1C)C(=O)OC2. The van der Waals surface area contributed by atoms with Gasteiger partial charge in [-0.1, -0.05) is 6.08 Å². The van der Waals surface area contributed by atoms with E-state index in [2.05, 4.69) is 6.58 Å². The number of aromatic nitrogens is 1. The first-order valence-corrected chi connectivity index (χ1v) is 4.20. The normalized spacial score (nSPS) is 14.1. The van der Waals surface area contributed by atoms with E-state index in [1.165, 1.54) is 0 Å². The molecular formula is C10H11NO2. The van der Waals surface area contributed by atoms with Crippen LogP contribution >= 0.6 is 0 Å². The number of esters is 1. The second-order valence-corrected chi connectivity index (χ2v) is 3.13. The van der Waals surface area contributed by atoms with Crippen molar-refractivity contribution in [2.45, 2.75) is 20.1 Å². The summed E-state index contributed by atoms with van der Waals surface area (Å²) in [6.07, 6.45) is 3.77. The predicted octanol–water partition coefficient (Wildman–Crippen LogP) is 1.65. The second-order valence-electron chi connectivity index (χ2n) is 3.13. The molecule has 0 bridgehead atoms. The highest BCUT2D eigenvalue weighted by atomic mass is 16.5. The fraction of sp³-hybridized carbons (Fsp3) is 0.300. The lowest BCUT2D eigenvalue weighted by atomic mass is 10.2. The van der Waals surface area contributed by atoms with Crippen LogP contribution in [0, 0.1) is 6.92 Å². The molecule has 0 atom stereocenters. The van der Waals surface area contributed by atoms with Gasteiger partial charge in [-0.15, -0.1) is 6.58 Å². The molecule has 1 aromatic rings. The first kappa shape index (κ1) is 8.10. The highest BCUT2D eigenvalue weighted by Gasteiger charge is 2.26. The van der Waals surface area contributed by atoms with Crippen LogP contribution in [0.2, 0.25) is 0 Å². The Morgan fingerprint density at radius 2 is 2.54 bits per heavy atom. The number of carbonyl (C=O) groups is 1. The third kappa shape index (κ3) is 1.08. The molecule has 0 aliphatic carbocycles. The standard InChI is InChI=1S/C10H11NO2/c1-3-4-11-5-8-6-13-10(12)9(8)7(11)2/h3,5H,1,4,6H2,2H3. The molecule has 3 nitrogen and oxygen atoms in total. The Labute approximate surface area is 76.6 Å². The van der Waals surface area contributed by atoms with E-state index < -0.39 is 0 Å². The highest BCUT2D eigenvalue weighted by molar-refractivity contribution is 5.94. The topological polar surface area (TPSA) is 31.2 Å². The van der Waals surface area contributed by atoms with Crippen molar-refractivity contribution in [3.05, 3.63) is 35.7 Å². The van der Waals surface area contributed by atoms with E-state index in [1.54, 1.807) is 0 Å². The lowest BCUT2D eigenvalue weighted by molar-refractivity contribution is 0.0532. The maximum absolute atomic E-state index is 11.2. The van der Waals surface area contributed by atoms with Crippen LogP contribution in [0.4, 0.5) is 0 Å². The molecule has 1 aliphatic rings. The zero-order chi connectivity index (χ0) is 9.42. The van der Waals surface area contributed by atoms with Crippen molar-refractivity contribution >= 4 is 5.97 Å². The van der Waals surface area contributed by atoms with Gasteiger partial charge in [-0.25, -0.2) is 4.79 Å². The van der Waals surface area contributed by atoms with Crippen molar-refractivity contribution in [1.82, 2.24) is 4.57 Å². The van der Waals surface area contributed by atoms with Gasteiger partial charge in [0, 0.05) is 24.0 Å². The van der Waals surface area contributed by atoms with Gasteiger partial charge >= 0.3 is 5.97 Å². The predicted molar refractivity (Wildman–Crippen MR) is 48.5 cm³/mol. The molecule has 0 aromatic carbocycles. The minimum Gasteiger partial charge on any atom is -0.457 e. The summed E-state index contributed by atoms with van der Waals surface area (Å²) < 4.78 is 6.91. The van der Waals surface area contributed by atoms with Crippen LogP contribution in [0.3, 0.4) is 0 Å². The number of cyclic esters (lactones) is 1. The smallest absolute Gasteiger partial charge is 0.340 e. The van der Waals surface area contributed by atoms with Gasteiger partial charge in [-0.2, -0.15) is 0 Å². The molecule has 0 N–H and O–H groups in total. The van der Waals surface area contributed by atoms with Crippen LogP contribution < -0.4 is 0 Å². The molecule has 2 heterocycles. The van der Waals surface area contributed by atoms with Gasteiger partial charge < -0.3 is 9.30 Å². The van der Waals surface area contributed by atoms with E-state index in [4.69, 9.17) is 4.74 Å². The van der Waals surface area contributed by atoms with E-state index in [0.717, 1.165) is 23.4 Å². The number of hydrogen-bond donors (Lipinski definition) is 0. The van der Waals surface area contributed by atoms with Crippen molar-refractivity contribution in [2.75, 3.05) is 0 Å². The van der Waals surface area contributed by atoms with Crippen LogP contribution in [-0.2, 0) is 17.9 Å². The Balaban J connectivity index is 2.49. The van der Waals surface area contributed by atoms with Crippen molar-refractivity contribution in [3.8, 4) is 0 Å². The summed E-state index contributed by atoms with van der Waals surface area (Å²) in [5, 5.41) is 0. The Kier molecular flexibility index (Phi) is 1.72. The summed E-state index contributed by atoms with van der Waals surface area (Å²) in [5.74, 6) is -0.199. The van der Waals surface area contributed by atoms with Crippen molar-refractivity contribution < 1.29 is 9.53 Å². The molecule has 1 aromatic heterocycles. The summed E-state index contributed by atoms with van der Waals surface area (Å²) in [6, 6.07) is 0. The van der Waals surface area contributed by atoms with Crippen LogP contribution in [0.1, 0.15) is 21.6 Å². The number of allylic oxidation sites excluding steroid dienone is 1. The Bertz CT molecular complexity index is 377. The number of carbonyl (C=O) groups excluding carboxylic acids is 1. The van der Waals surface area contributed by atoms with E-state index >= 15 is 0 Å². The number of nitrogens with zero attached hydrogens (tertiary/aromatic N) is 1. The number of hydrogen-bond acceptors (Lipinski definition) is 2. The molecular weight excluding hydrogens is 166 g/mol. The zero-order valence-corrected chi connectivity index (χ0v) is 7.54. The molecule has 0 fully saturated rings. The average Bonchev–Trinajstić information content (AvgIpc) is 2.58. The highest BCUT2D eigenvalue weighted by Crippen LogP contribution is 2.24. The van der Waals surface area contributed by atoms with Crippen molar-refractivity contribution in [3.63, 3.8) is 0 Å². The fourth-order valence-electron chi connectivity index (χ4n) is 1.66. The Hall–Kier alpha value is -1.51. The molecule has 3 heteroatoms. The lowest BCUT2D eigenvalue weighted by Gasteiger charge is -2.02. The average molecular weight is 177 g/mol. The third-order valence-electron chi connectivity index (χ3n) is 2.31. The molecule has 0 amide bonds. The van der Waals surface area contributed by atoms with Crippen LogP contribution in [0.15, 0.2) is 18.9 Å². The molecule has 0 radical (unpaired) electrons. The van der Waals surface area contributed by atoms with Crippen molar-refractivity contribution in [2.24, 2.45) is 0 Å². The summed E-state index contributed by atoms with van der Waals surface area (Å²) in [6.45, 7) is 6.75. The van der Waals surface area contributed by atoms with Gasteiger partial charge in [0.2, 0.25) is 0 Å². The molecule has 0 unspecified atom stereocenters.